The zero-order valence-electron chi connectivity index (χ0n) is 21.4. The van der Waals surface area contributed by atoms with E-state index in [4.69, 9.17) is 4.74 Å². The summed E-state index contributed by atoms with van der Waals surface area (Å²) in [6, 6.07) is 7.07. The number of aliphatic hydroxyl groups excluding tert-OH is 1. The van der Waals surface area contributed by atoms with Gasteiger partial charge in [0, 0.05) is 19.6 Å². The van der Waals surface area contributed by atoms with Crippen LogP contribution in [0.15, 0.2) is 30.3 Å². The Morgan fingerprint density at radius 2 is 1.69 bits per heavy atom. The van der Waals surface area contributed by atoms with Crippen molar-refractivity contribution in [2.24, 2.45) is 0 Å². The van der Waals surface area contributed by atoms with Crippen LogP contribution in [0.4, 0.5) is 4.79 Å². The Hall–Kier alpha value is -3.14. The Balaban J connectivity index is 1.84. The van der Waals surface area contributed by atoms with Gasteiger partial charge < -0.3 is 30.1 Å². The number of nitrogens with zero attached hydrogens (tertiary/aromatic N) is 2. The molecule has 10 nitrogen and oxygen atoms in total. The average molecular weight is 504 g/mol. The number of ether oxygens (including phenoxy) is 1. The van der Waals surface area contributed by atoms with Crippen LogP contribution in [0.5, 0.6) is 0 Å². The number of likely N-dealkylation sites (tertiary alicyclic amines) is 2. The summed E-state index contributed by atoms with van der Waals surface area (Å²) in [6.07, 6.45) is 0.0261. The van der Waals surface area contributed by atoms with Crippen LogP contribution in [0, 0.1) is 0 Å². The van der Waals surface area contributed by atoms with Crippen molar-refractivity contribution in [2.45, 2.75) is 82.6 Å². The normalized spacial score (nSPS) is 21.4. The molecule has 2 aliphatic heterocycles. The lowest BCUT2D eigenvalue weighted by atomic mass is 9.71. The Bertz CT molecular complexity index is 965. The summed E-state index contributed by atoms with van der Waals surface area (Å²) in [7, 11) is 0. The average Bonchev–Trinajstić information content (AvgIpc) is 3.31. The highest BCUT2D eigenvalue weighted by Crippen LogP contribution is 2.39. The molecule has 1 aromatic carbocycles. The number of carboxylic acids is 1. The number of aliphatic hydroxyl groups is 1. The van der Waals surface area contributed by atoms with E-state index in [2.05, 4.69) is 5.32 Å². The SMILES string of the molecule is C[C@@H](O)[C@H](NC(=O)[C@@H]1CCCN1C(=O)C1(c2ccccc2)CCN(C(=O)OC(C)(C)C)CC1)C(=O)O. The highest BCUT2D eigenvalue weighted by Gasteiger charge is 2.49. The first kappa shape index (κ1) is 27.4. The smallest absolute Gasteiger partial charge is 0.410 e. The second kappa shape index (κ2) is 10.9. The van der Waals surface area contributed by atoms with Crippen molar-refractivity contribution in [2.75, 3.05) is 19.6 Å². The maximum absolute atomic E-state index is 14.1. The Labute approximate surface area is 211 Å². The van der Waals surface area contributed by atoms with Gasteiger partial charge in [-0.05, 0) is 58.9 Å². The molecular formula is C26H37N3O7. The van der Waals surface area contributed by atoms with E-state index in [1.165, 1.54) is 11.8 Å². The topological polar surface area (TPSA) is 136 Å². The lowest BCUT2D eigenvalue weighted by Crippen LogP contribution is -2.58. The van der Waals surface area contributed by atoms with Crippen LogP contribution in [-0.4, -0.2) is 87.3 Å². The zero-order chi connectivity index (χ0) is 26.7. The maximum Gasteiger partial charge on any atom is 0.410 e. The van der Waals surface area contributed by atoms with Crippen molar-refractivity contribution in [3.05, 3.63) is 35.9 Å². The fraction of sp³-hybridized carbons (Fsp3) is 0.615. The monoisotopic (exact) mass is 503 g/mol. The number of carboxylic acid groups (broad SMARTS) is 1. The number of carbonyl (C=O) groups is 4. The van der Waals surface area contributed by atoms with Crippen molar-refractivity contribution < 1.29 is 34.1 Å². The number of benzene rings is 1. The van der Waals surface area contributed by atoms with Gasteiger partial charge in [0.05, 0.1) is 11.5 Å². The Morgan fingerprint density at radius 3 is 2.22 bits per heavy atom. The maximum atomic E-state index is 14.1. The summed E-state index contributed by atoms with van der Waals surface area (Å²) in [5.41, 5.74) is -0.743. The fourth-order valence-corrected chi connectivity index (χ4v) is 4.98. The molecule has 1 aromatic rings. The summed E-state index contributed by atoms with van der Waals surface area (Å²) in [4.78, 5) is 54.4. The van der Waals surface area contributed by atoms with Gasteiger partial charge in [-0.2, -0.15) is 0 Å². The van der Waals surface area contributed by atoms with Gasteiger partial charge in [-0.15, -0.1) is 0 Å². The molecule has 0 radical (unpaired) electrons. The third kappa shape index (κ3) is 5.98. The van der Waals surface area contributed by atoms with Crippen molar-refractivity contribution in [1.29, 1.82) is 0 Å². The molecule has 3 N–H and O–H groups in total. The molecule has 3 amide bonds. The van der Waals surface area contributed by atoms with Crippen LogP contribution in [0.3, 0.4) is 0 Å². The van der Waals surface area contributed by atoms with E-state index in [9.17, 15) is 29.4 Å². The predicted octanol–water partition coefficient (Wildman–Crippen LogP) is 1.90. The molecule has 0 bridgehead atoms. The first-order chi connectivity index (χ1) is 16.9. The number of aliphatic carboxylic acids is 1. The third-order valence-electron chi connectivity index (χ3n) is 6.87. The minimum atomic E-state index is -1.46. The summed E-state index contributed by atoms with van der Waals surface area (Å²) in [6.45, 7) is 7.72. The second-order valence-electron chi connectivity index (χ2n) is 10.6. The molecule has 3 atom stereocenters. The van der Waals surface area contributed by atoms with Gasteiger partial charge in [0.15, 0.2) is 6.04 Å². The number of nitrogens with one attached hydrogen (secondary N) is 1. The van der Waals surface area contributed by atoms with Crippen LogP contribution in [-0.2, 0) is 24.5 Å². The van der Waals surface area contributed by atoms with E-state index >= 15 is 0 Å². The quantitative estimate of drug-likeness (QED) is 0.539. The van der Waals surface area contributed by atoms with Gasteiger partial charge >= 0.3 is 12.1 Å². The minimum Gasteiger partial charge on any atom is -0.480 e. The number of hydrogen-bond acceptors (Lipinski definition) is 6. The first-order valence-corrected chi connectivity index (χ1v) is 12.4. The number of piperidine rings is 1. The molecule has 198 valence electrons. The van der Waals surface area contributed by atoms with E-state index in [0.717, 1.165) is 5.56 Å². The number of amides is 3. The second-order valence-corrected chi connectivity index (χ2v) is 10.6. The van der Waals surface area contributed by atoms with Gasteiger partial charge in [0.25, 0.3) is 0 Å². The number of rotatable bonds is 6. The standard InChI is InChI=1S/C26H37N3O7/c1-17(30)20(22(32)33)27-21(31)19-11-8-14-29(19)23(34)26(18-9-6-5-7-10-18)12-15-28(16-13-26)24(35)36-25(2,3)4/h5-7,9-10,17,19-20,30H,8,11-16H2,1-4H3,(H,27,31)(H,32,33)/t17-,19+,20+/m1/s1. The van der Waals surface area contributed by atoms with Crippen molar-refractivity contribution in [3.8, 4) is 0 Å². The van der Waals surface area contributed by atoms with Gasteiger partial charge in [-0.1, -0.05) is 30.3 Å². The highest BCUT2D eigenvalue weighted by molar-refractivity contribution is 5.95. The number of hydrogen-bond donors (Lipinski definition) is 3. The van der Waals surface area contributed by atoms with Crippen LogP contribution < -0.4 is 5.32 Å². The third-order valence-corrected chi connectivity index (χ3v) is 6.87. The summed E-state index contributed by atoms with van der Waals surface area (Å²) in [5, 5.41) is 21.5. The molecule has 0 unspecified atom stereocenters. The highest BCUT2D eigenvalue weighted by atomic mass is 16.6. The van der Waals surface area contributed by atoms with Crippen molar-refractivity contribution >= 4 is 23.9 Å². The first-order valence-electron chi connectivity index (χ1n) is 12.4. The molecule has 3 rings (SSSR count). The van der Waals surface area contributed by atoms with Gasteiger partial charge in [0.1, 0.15) is 11.6 Å². The summed E-state index contributed by atoms with van der Waals surface area (Å²) < 4.78 is 5.51. The molecular weight excluding hydrogens is 466 g/mol. The molecule has 0 aliphatic carbocycles. The molecule has 10 heteroatoms. The molecule has 0 saturated carbocycles. The lowest BCUT2D eigenvalue weighted by Gasteiger charge is -2.44. The van der Waals surface area contributed by atoms with Crippen LogP contribution in [0.1, 0.15) is 58.9 Å². The summed E-state index contributed by atoms with van der Waals surface area (Å²) in [5.74, 6) is -2.15. The lowest BCUT2D eigenvalue weighted by molar-refractivity contribution is -0.148. The molecule has 2 heterocycles. The zero-order valence-corrected chi connectivity index (χ0v) is 21.4. The molecule has 2 aliphatic rings. The number of carbonyl (C=O) groups excluding carboxylic acids is 3. The molecule has 0 spiro atoms. The fourth-order valence-electron chi connectivity index (χ4n) is 4.98. The molecule has 0 aromatic heterocycles. The van der Waals surface area contributed by atoms with E-state index in [0.29, 0.717) is 45.3 Å². The van der Waals surface area contributed by atoms with Gasteiger partial charge in [-0.25, -0.2) is 9.59 Å². The van der Waals surface area contributed by atoms with E-state index < -0.39 is 47.2 Å². The summed E-state index contributed by atoms with van der Waals surface area (Å²) >= 11 is 0. The van der Waals surface area contributed by atoms with Gasteiger partial charge in [0.2, 0.25) is 11.8 Å². The van der Waals surface area contributed by atoms with Crippen LogP contribution in [0.25, 0.3) is 0 Å². The minimum absolute atomic E-state index is 0.209. The molecule has 2 fully saturated rings. The van der Waals surface area contributed by atoms with Crippen LogP contribution >= 0.6 is 0 Å². The van der Waals surface area contributed by atoms with E-state index in [-0.39, 0.29) is 5.91 Å². The largest absolute Gasteiger partial charge is 0.480 e. The Kier molecular flexibility index (Phi) is 8.28. The van der Waals surface area contributed by atoms with E-state index in [1.807, 2.05) is 30.3 Å². The van der Waals surface area contributed by atoms with E-state index in [1.54, 1.807) is 25.7 Å². The predicted molar refractivity (Wildman–Crippen MR) is 131 cm³/mol. The van der Waals surface area contributed by atoms with Crippen LogP contribution in [0.2, 0.25) is 0 Å². The molecule has 36 heavy (non-hydrogen) atoms. The Morgan fingerprint density at radius 1 is 1.08 bits per heavy atom. The van der Waals surface area contributed by atoms with Gasteiger partial charge in [-0.3, -0.25) is 9.59 Å². The molecule has 2 saturated heterocycles. The van der Waals surface area contributed by atoms with Crippen molar-refractivity contribution in [1.82, 2.24) is 15.1 Å². The van der Waals surface area contributed by atoms with Crippen molar-refractivity contribution in [3.63, 3.8) is 0 Å².